The molecular formula is C11H15F3N4O2. The molecule has 0 bridgehead atoms. The second-order valence-corrected chi connectivity index (χ2v) is 3.88. The van der Waals surface area contributed by atoms with Crippen LogP contribution in [0.5, 0.6) is 0 Å². The topological polar surface area (TPSA) is 76.1 Å². The standard InChI is InChI=1S/C11H15F3N4O2/c1-4-15-7-5-8(16-6(2)9(19)20-3)18-10(17-7)11(12,13)14/h5-6H,4H2,1-3H3,(H2,15,16,17,18). The second kappa shape index (κ2) is 6.40. The number of rotatable bonds is 5. The van der Waals surface area contributed by atoms with Gasteiger partial charge in [0.2, 0.25) is 5.82 Å². The first kappa shape index (κ1) is 16.0. The lowest BCUT2D eigenvalue weighted by atomic mass is 10.3. The molecule has 0 aliphatic carbocycles. The molecule has 1 rings (SSSR count). The quantitative estimate of drug-likeness (QED) is 0.807. The Labute approximate surface area is 113 Å². The lowest BCUT2D eigenvalue weighted by molar-refractivity contribution is -0.144. The van der Waals surface area contributed by atoms with Gasteiger partial charge in [0.1, 0.15) is 17.7 Å². The number of esters is 1. The lowest BCUT2D eigenvalue weighted by Crippen LogP contribution is -2.28. The van der Waals surface area contributed by atoms with E-state index >= 15 is 0 Å². The van der Waals surface area contributed by atoms with Crippen LogP contribution in [0, 0.1) is 0 Å². The van der Waals surface area contributed by atoms with Crippen molar-refractivity contribution in [1.82, 2.24) is 9.97 Å². The molecule has 6 nitrogen and oxygen atoms in total. The third kappa shape index (κ3) is 4.25. The molecular weight excluding hydrogens is 277 g/mol. The van der Waals surface area contributed by atoms with Gasteiger partial charge in [0.05, 0.1) is 7.11 Å². The average molecular weight is 292 g/mol. The van der Waals surface area contributed by atoms with Gasteiger partial charge in [-0.25, -0.2) is 14.8 Å². The van der Waals surface area contributed by atoms with Gasteiger partial charge >= 0.3 is 12.1 Å². The minimum absolute atomic E-state index is 0.0226. The van der Waals surface area contributed by atoms with E-state index in [1.807, 2.05) is 0 Å². The van der Waals surface area contributed by atoms with Gasteiger partial charge in [-0.2, -0.15) is 13.2 Å². The maximum Gasteiger partial charge on any atom is 0.451 e. The molecule has 112 valence electrons. The van der Waals surface area contributed by atoms with E-state index in [9.17, 15) is 18.0 Å². The van der Waals surface area contributed by atoms with Gasteiger partial charge in [-0.05, 0) is 13.8 Å². The molecule has 0 radical (unpaired) electrons. The Hall–Kier alpha value is -2.06. The maximum atomic E-state index is 12.7. The van der Waals surface area contributed by atoms with Gasteiger partial charge in [0.15, 0.2) is 0 Å². The fourth-order valence-corrected chi connectivity index (χ4v) is 1.38. The number of halogens is 3. The van der Waals surface area contributed by atoms with E-state index in [4.69, 9.17) is 0 Å². The molecule has 1 unspecified atom stereocenters. The predicted octanol–water partition coefficient (Wildman–Crippen LogP) is 1.90. The van der Waals surface area contributed by atoms with E-state index in [-0.39, 0.29) is 11.6 Å². The molecule has 0 spiro atoms. The number of nitrogens with zero attached hydrogens (tertiary/aromatic N) is 2. The fraction of sp³-hybridized carbons (Fsp3) is 0.545. The van der Waals surface area contributed by atoms with E-state index in [0.29, 0.717) is 6.54 Å². The Morgan fingerprint density at radius 2 is 2.00 bits per heavy atom. The van der Waals surface area contributed by atoms with E-state index in [2.05, 4.69) is 25.3 Å². The summed E-state index contributed by atoms with van der Waals surface area (Å²) >= 11 is 0. The van der Waals surface area contributed by atoms with Crippen LogP contribution < -0.4 is 10.6 Å². The van der Waals surface area contributed by atoms with Gasteiger partial charge in [-0.3, -0.25) is 0 Å². The third-order valence-electron chi connectivity index (χ3n) is 2.26. The average Bonchev–Trinajstić information content (AvgIpc) is 2.36. The highest BCUT2D eigenvalue weighted by Crippen LogP contribution is 2.28. The van der Waals surface area contributed by atoms with Gasteiger partial charge in [0, 0.05) is 12.6 Å². The molecule has 0 saturated heterocycles. The van der Waals surface area contributed by atoms with Gasteiger partial charge < -0.3 is 15.4 Å². The summed E-state index contributed by atoms with van der Waals surface area (Å²) < 4.78 is 42.5. The van der Waals surface area contributed by atoms with Crippen molar-refractivity contribution in [2.45, 2.75) is 26.1 Å². The maximum absolute atomic E-state index is 12.7. The van der Waals surface area contributed by atoms with Crippen molar-refractivity contribution in [3.05, 3.63) is 11.9 Å². The van der Waals surface area contributed by atoms with Crippen molar-refractivity contribution in [2.24, 2.45) is 0 Å². The highest BCUT2D eigenvalue weighted by atomic mass is 19.4. The summed E-state index contributed by atoms with van der Waals surface area (Å²) in [5.74, 6) is -1.98. The highest BCUT2D eigenvalue weighted by molar-refractivity contribution is 5.78. The molecule has 0 aliphatic heterocycles. The lowest BCUT2D eigenvalue weighted by Gasteiger charge is -2.15. The van der Waals surface area contributed by atoms with Crippen molar-refractivity contribution in [1.29, 1.82) is 0 Å². The number of anilines is 2. The molecule has 0 aromatic carbocycles. The number of alkyl halides is 3. The summed E-state index contributed by atoms with van der Waals surface area (Å²) in [6.45, 7) is 3.58. The Kier molecular flexibility index (Phi) is 5.12. The Balaban J connectivity index is 3.06. The van der Waals surface area contributed by atoms with Crippen LogP contribution in [0.3, 0.4) is 0 Å². The van der Waals surface area contributed by atoms with Crippen molar-refractivity contribution in [3.63, 3.8) is 0 Å². The van der Waals surface area contributed by atoms with Crippen LogP contribution in [-0.2, 0) is 15.7 Å². The summed E-state index contributed by atoms with van der Waals surface area (Å²) in [6, 6.07) is 0.462. The molecule has 1 aromatic heterocycles. The van der Waals surface area contributed by atoms with Crippen LogP contribution >= 0.6 is 0 Å². The summed E-state index contributed by atoms with van der Waals surface area (Å²) in [5, 5.41) is 5.21. The van der Waals surface area contributed by atoms with Crippen LogP contribution in [0.2, 0.25) is 0 Å². The first-order valence-corrected chi connectivity index (χ1v) is 5.82. The molecule has 1 heterocycles. The molecule has 0 aliphatic rings. The third-order valence-corrected chi connectivity index (χ3v) is 2.26. The first-order valence-electron chi connectivity index (χ1n) is 5.82. The minimum atomic E-state index is -4.67. The summed E-state index contributed by atoms with van der Waals surface area (Å²) in [6.07, 6.45) is -4.67. The molecule has 20 heavy (non-hydrogen) atoms. The van der Waals surface area contributed by atoms with Crippen LogP contribution in [0.15, 0.2) is 6.07 Å². The zero-order valence-electron chi connectivity index (χ0n) is 11.2. The fourth-order valence-electron chi connectivity index (χ4n) is 1.38. The largest absolute Gasteiger partial charge is 0.467 e. The Morgan fingerprint density at radius 3 is 2.50 bits per heavy atom. The van der Waals surface area contributed by atoms with Crippen molar-refractivity contribution < 1.29 is 22.7 Å². The molecule has 0 amide bonds. The van der Waals surface area contributed by atoms with Crippen molar-refractivity contribution in [3.8, 4) is 0 Å². The van der Waals surface area contributed by atoms with E-state index < -0.39 is 24.0 Å². The molecule has 0 saturated carbocycles. The summed E-state index contributed by atoms with van der Waals surface area (Å²) in [7, 11) is 1.19. The molecule has 0 fully saturated rings. The van der Waals surface area contributed by atoms with Crippen molar-refractivity contribution in [2.75, 3.05) is 24.3 Å². The Morgan fingerprint density at radius 1 is 1.40 bits per heavy atom. The van der Waals surface area contributed by atoms with E-state index in [1.54, 1.807) is 6.92 Å². The predicted molar refractivity (Wildman–Crippen MR) is 66.3 cm³/mol. The number of aromatic nitrogens is 2. The number of ether oxygens (including phenoxy) is 1. The number of carbonyl (C=O) groups excluding carboxylic acids is 1. The van der Waals surface area contributed by atoms with Gasteiger partial charge in [0.25, 0.3) is 0 Å². The number of hydrogen-bond donors (Lipinski definition) is 2. The van der Waals surface area contributed by atoms with E-state index in [1.165, 1.54) is 20.1 Å². The minimum Gasteiger partial charge on any atom is -0.467 e. The normalized spacial score (nSPS) is 12.7. The number of nitrogens with one attached hydrogen (secondary N) is 2. The van der Waals surface area contributed by atoms with Crippen LogP contribution in [0.25, 0.3) is 0 Å². The molecule has 2 N–H and O–H groups in total. The second-order valence-electron chi connectivity index (χ2n) is 3.88. The Bertz CT molecular complexity index is 479. The molecule has 1 aromatic rings. The van der Waals surface area contributed by atoms with Gasteiger partial charge in [-0.15, -0.1) is 0 Å². The zero-order valence-corrected chi connectivity index (χ0v) is 11.2. The van der Waals surface area contributed by atoms with Gasteiger partial charge in [-0.1, -0.05) is 0 Å². The molecule has 9 heteroatoms. The summed E-state index contributed by atoms with van der Waals surface area (Å²) in [5.41, 5.74) is 0. The monoisotopic (exact) mass is 292 g/mol. The first-order chi connectivity index (χ1) is 9.27. The number of methoxy groups -OCH3 is 1. The highest BCUT2D eigenvalue weighted by Gasteiger charge is 2.35. The molecule has 1 atom stereocenters. The zero-order chi connectivity index (χ0) is 15.3. The van der Waals surface area contributed by atoms with Crippen LogP contribution in [0.1, 0.15) is 19.7 Å². The van der Waals surface area contributed by atoms with Crippen LogP contribution in [-0.4, -0.2) is 35.6 Å². The SMILES string of the molecule is CCNc1cc(NC(C)C(=O)OC)nc(C(F)(F)F)n1. The van der Waals surface area contributed by atoms with Crippen LogP contribution in [0.4, 0.5) is 24.8 Å². The number of carbonyl (C=O) groups is 1. The smallest absolute Gasteiger partial charge is 0.451 e. The van der Waals surface area contributed by atoms with E-state index in [0.717, 1.165) is 0 Å². The van der Waals surface area contributed by atoms with Crippen molar-refractivity contribution >= 4 is 17.6 Å². The number of hydrogen-bond acceptors (Lipinski definition) is 6. The summed E-state index contributed by atoms with van der Waals surface area (Å²) in [4.78, 5) is 18.0.